The molecule has 0 aromatic heterocycles. The first-order valence-corrected chi connectivity index (χ1v) is 7.05. The van der Waals surface area contributed by atoms with Gasteiger partial charge >= 0.3 is 0 Å². The highest BCUT2D eigenvalue weighted by Crippen LogP contribution is 2.20. The highest BCUT2D eigenvalue weighted by atomic mass is 16.5. The summed E-state index contributed by atoms with van der Waals surface area (Å²) in [4.78, 5) is 0. The number of nitriles is 1. The van der Waals surface area contributed by atoms with Crippen molar-refractivity contribution in [1.29, 1.82) is 5.26 Å². The van der Waals surface area contributed by atoms with Gasteiger partial charge in [-0.3, -0.25) is 5.32 Å². The molecule has 1 rings (SSSR count). The molecule has 0 aliphatic carbocycles. The van der Waals surface area contributed by atoms with Gasteiger partial charge in [-0.05, 0) is 26.0 Å². The summed E-state index contributed by atoms with van der Waals surface area (Å²) in [7, 11) is 0. The van der Waals surface area contributed by atoms with Crippen LogP contribution in [-0.2, 0) is 15.0 Å². The van der Waals surface area contributed by atoms with Crippen LogP contribution in [0.5, 0.6) is 0 Å². The number of benzene rings is 1. The lowest BCUT2D eigenvalue weighted by atomic mass is 9.92. The average molecular weight is 276 g/mol. The molecule has 1 N–H and O–H groups in total. The van der Waals surface area contributed by atoms with Crippen molar-refractivity contribution >= 4 is 0 Å². The lowest BCUT2D eigenvalue weighted by molar-refractivity contribution is 0.00684. The third kappa shape index (κ3) is 4.93. The molecule has 0 radical (unpaired) electrons. The van der Waals surface area contributed by atoms with Crippen LogP contribution in [0.2, 0.25) is 0 Å². The summed E-state index contributed by atoms with van der Waals surface area (Å²) >= 11 is 0. The Hall–Kier alpha value is -1.41. The molecule has 1 atom stereocenters. The zero-order chi connectivity index (χ0) is 14.8. The summed E-state index contributed by atoms with van der Waals surface area (Å²) in [5.74, 6) is 0. The summed E-state index contributed by atoms with van der Waals surface area (Å²) in [6, 6.07) is 12.0. The smallest absolute Gasteiger partial charge is 0.155 e. The molecule has 0 spiro atoms. The van der Waals surface area contributed by atoms with Gasteiger partial charge in [-0.15, -0.1) is 0 Å². The summed E-state index contributed by atoms with van der Waals surface area (Å²) in [6.07, 6.45) is 0.196. The molecular formula is C16H24N2O2. The number of nitrogens with zero attached hydrogens (tertiary/aromatic N) is 1. The van der Waals surface area contributed by atoms with E-state index in [1.54, 1.807) is 0 Å². The van der Waals surface area contributed by atoms with Crippen molar-refractivity contribution in [2.24, 2.45) is 0 Å². The maximum atomic E-state index is 9.58. The van der Waals surface area contributed by atoms with Crippen LogP contribution in [0.3, 0.4) is 0 Å². The SMILES string of the molecule is CCNC(C#N)(COCCOC(C)C)c1ccccc1. The van der Waals surface area contributed by atoms with Crippen molar-refractivity contribution in [3.63, 3.8) is 0 Å². The van der Waals surface area contributed by atoms with Crippen LogP contribution in [0.1, 0.15) is 26.3 Å². The summed E-state index contributed by atoms with van der Waals surface area (Å²) < 4.78 is 11.1. The third-order valence-corrected chi connectivity index (χ3v) is 2.93. The Morgan fingerprint density at radius 3 is 2.50 bits per heavy atom. The van der Waals surface area contributed by atoms with E-state index in [1.165, 1.54) is 0 Å². The maximum Gasteiger partial charge on any atom is 0.155 e. The number of rotatable bonds is 9. The molecule has 1 aromatic carbocycles. The van der Waals surface area contributed by atoms with Crippen molar-refractivity contribution in [3.05, 3.63) is 35.9 Å². The van der Waals surface area contributed by atoms with Gasteiger partial charge in [-0.25, -0.2) is 0 Å². The highest BCUT2D eigenvalue weighted by molar-refractivity contribution is 5.31. The summed E-state index contributed by atoms with van der Waals surface area (Å²) in [5.41, 5.74) is 0.127. The zero-order valence-electron chi connectivity index (χ0n) is 12.6. The molecule has 0 heterocycles. The van der Waals surface area contributed by atoms with Crippen LogP contribution >= 0.6 is 0 Å². The fourth-order valence-corrected chi connectivity index (χ4v) is 1.97. The fourth-order valence-electron chi connectivity index (χ4n) is 1.97. The van der Waals surface area contributed by atoms with Crippen molar-refractivity contribution in [2.75, 3.05) is 26.4 Å². The van der Waals surface area contributed by atoms with Gasteiger partial charge in [0.2, 0.25) is 0 Å². The average Bonchev–Trinajstić information content (AvgIpc) is 2.46. The van der Waals surface area contributed by atoms with Crippen molar-refractivity contribution < 1.29 is 9.47 Å². The molecule has 20 heavy (non-hydrogen) atoms. The Bertz CT molecular complexity index is 414. The van der Waals surface area contributed by atoms with Gasteiger partial charge in [0.25, 0.3) is 0 Å². The standard InChI is InChI=1S/C16H24N2O2/c1-4-18-16(12-17,15-8-6-5-7-9-15)13-19-10-11-20-14(2)3/h5-9,14,18H,4,10-11,13H2,1-3H3. The quantitative estimate of drug-likeness (QED) is 0.704. The monoisotopic (exact) mass is 276 g/mol. The van der Waals surface area contributed by atoms with Crippen LogP contribution < -0.4 is 5.32 Å². The van der Waals surface area contributed by atoms with Crippen LogP contribution in [-0.4, -0.2) is 32.5 Å². The van der Waals surface area contributed by atoms with E-state index in [9.17, 15) is 5.26 Å². The molecule has 4 heteroatoms. The first kappa shape index (κ1) is 16.6. The predicted molar refractivity (Wildman–Crippen MR) is 79.3 cm³/mol. The fraction of sp³-hybridized carbons (Fsp3) is 0.562. The van der Waals surface area contributed by atoms with E-state index in [2.05, 4.69) is 11.4 Å². The largest absolute Gasteiger partial charge is 0.376 e. The Morgan fingerprint density at radius 1 is 1.25 bits per heavy atom. The highest BCUT2D eigenvalue weighted by Gasteiger charge is 2.31. The molecule has 0 fully saturated rings. The second-order valence-electron chi connectivity index (χ2n) is 4.89. The van der Waals surface area contributed by atoms with E-state index >= 15 is 0 Å². The number of hydrogen-bond acceptors (Lipinski definition) is 4. The Balaban J connectivity index is 2.63. The van der Waals surface area contributed by atoms with E-state index in [1.807, 2.05) is 51.1 Å². The molecule has 0 saturated heterocycles. The van der Waals surface area contributed by atoms with Gasteiger partial charge in [-0.2, -0.15) is 5.26 Å². The summed E-state index contributed by atoms with van der Waals surface area (Å²) in [6.45, 7) is 8.00. The molecule has 0 aliphatic heterocycles. The first-order valence-electron chi connectivity index (χ1n) is 7.05. The topological polar surface area (TPSA) is 54.3 Å². The third-order valence-electron chi connectivity index (χ3n) is 2.93. The second-order valence-corrected chi connectivity index (χ2v) is 4.89. The molecule has 0 amide bonds. The van der Waals surface area contributed by atoms with Crippen molar-refractivity contribution in [1.82, 2.24) is 5.32 Å². The molecule has 1 unspecified atom stereocenters. The van der Waals surface area contributed by atoms with E-state index in [-0.39, 0.29) is 6.10 Å². The van der Waals surface area contributed by atoms with E-state index in [4.69, 9.17) is 9.47 Å². The molecule has 0 aliphatic rings. The van der Waals surface area contributed by atoms with Gasteiger partial charge < -0.3 is 9.47 Å². The minimum absolute atomic E-state index is 0.196. The van der Waals surface area contributed by atoms with E-state index in [0.717, 1.165) is 5.56 Å². The maximum absolute atomic E-state index is 9.58. The lowest BCUT2D eigenvalue weighted by Crippen LogP contribution is -2.45. The summed E-state index contributed by atoms with van der Waals surface area (Å²) in [5, 5.41) is 12.8. The minimum atomic E-state index is -0.798. The van der Waals surface area contributed by atoms with Crippen LogP contribution in [0.4, 0.5) is 0 Å². The Kier molecular flexibility index (Phi) is 7.24. The predicted octanol–water partition coefficient (Wildman–Crippen LogP) is 2.46. The minimum Gasteiger partial charge on any atom is -0.376 e. The van der Waals surface area contributed by atoms with Crippen LogP contribution in [0, 0.1) is 11.3 Å². The number of hydrogen-bond donors (Lipinski definition) is 1. The van der Waals surface area contributed by atoms with Gasteiger partial charge in [0.1, 0.15) is 0 Å². The normalized spacial score (nSPS) is 13.9. The van der Waals surface area contributed by atoms with Gasteiger partial charge in [-0.1, -0.05) is 37.3 Å². The molecule has 110 valence electrons. The van der Waals surface area contributed by atoms with Crippen molar-refractivity contribution in [3.8, 4) is 6.07 Å². The molecule has 0 bridgehead atoms. The van der Waals surface area contributed by atoms with E-state index < -0.39 is 5.54 Å². The number of nitrogens with one attached hydrogen (secondary N) is 1. The second kappa shape index (κ2) is 8.70. The number of ether oxygens (including phenoxy) is 2. The molecular weight excluding hydrogens is 252 g/mol. The van der Waals surface area contributed by atoms with Gasteiger partial charge in [0, 0.05) is 0 Å². The zero-order valence-corrected chi connectivity index (χ0v) is 12.6. The first-order chi connectivity index (χ1) is 9.64. The van der Waals surface area contributed by atoms with Crippen LogP contribution in [0.15, 0.2) is 30.3 Å². The molecule has 1 aromatic rings. The Morgan fingerprint density at radius 2 is 1.95 bits per heavy atom. The van der Waals surface area contributed by atoms with Crippen molar-refractivity contribution in [2.45, 2.75) is 32.4 Å². The van der Waals surface area contributed by atoms with Crippen LogP contribution in [0.25, 0.3) is 0 Å². The molecule has 4 nitrogen and oxygen atoms in total. The van der Waals surface area contributed by atoms with Gasteiger partial charge in [0.15, 0.2) is 5.54 Å². The van der Waals surface area contributed by atoms with Gasteiger partial charge in [0.05, 0.1) is 32.0 Å². The lowest BCUT2D eigenvalue weighted by Gasteiger charge is -2.28. The molecule has 0 saturated carbocycles. The number of likely N-dealkylation sites (N-methyl/N-ethyl adjacent to an activating group) is 1. The Labute approximate surface area is 121 Å². The van der Waals surface area contributed by atoms with E-state index in [0.29, 0.717) is 26.4 Å².